The number of thiophene rings is 1. The molecule has 11 nitrogen and oxygen atoms in total. The van der Waals surface area contributed by atoms with E-state index in [1.165, 1.54) is 12.1 Å². The standard InChI is InChI=1S/C25H23ClN6O5S2/c1-37-18-8-6-17(7-9-18)32-20-14-31(13-12-19(20)23(29-32)24(27)33)16-4-2-15(3-5-16)28-25(34)30-39(35,36)22-11-10-21(26)38-22/h2-11H,12-14H2,1H3,(H2,27,33)(H2,28,30,34). The smallest absolute Gasteiger partial charge is 0.333 e. The third-order valence-corrected chi connectivity index (χ3v) is 9.20. The van der Waals surface area contributed by atoms with Crippen LogP contribution in [0, 0.1) is 0 Å². The molecule has 3 amide bonds. The summed E-state index contributed by atoms with van der Waals surface area (Å²) >= 11 is 6.65. The summed E-state index contributed by atoms with van der Waals surface area (Å²) in [5.74, 6) is 0.122. The zero-order valence-electron chi connectivity index (χ0n) is 20.5. The first-order valence-electron chi connectivity index (χ1n) is 11.6. The third kappa shape index (κ3) is 5.55. The number of primary amides is 1. The van der Waals surface area contributed by atoms with Crippen molar-refractivity contribution in [3.8, 4) is 11.4 Å². The minimum atomic E-state index is -4.03. The predicted octanol–water partition coefficient (Wildman–Crippen LogP) is 3.77. The number of nitrogens with one attached hydrogen (secondary N) is 2. The summed E-state index contributed by atoms with van der Waals surface area (Å²) in [6.07, 6.45) is 0.566. The summed E-state index contributed by atoms with van der Waals surface area (Å²) in [7, 11) is -2.44. The SMILES string of the molecule is COc1ccc(-n2nc(C(N)=O)c3c2CN(c2ccc(NC(=O)NS(=O)(=O)c4ccc(Cl)s4)cc2)CC3)cc1. The van der Waals surface area contributed by atoms with E-state index in [2.05, 4.69) is 15.3 Å². The summed E-state index contributed by atoms with van der Waals surface area (Å²) in [5, 5.41) is 7.03. The van der Waals surface area contributed by atoms with Crippen LogP contribution in [0.25, 0.3) is 5.69 Å². The van der Waals surface area contributed by atoms with E-state index < -0.39 is 22.0 Å². The molecule has 0 bridgehead atoms. The zero-order valence-corrected chi connectivity index (χ0v) is 22.9. The molecule has 0 saturated carbocycles. The molecule has 0 fully saturated rings. The summed E-state index contributed by atoms with van der Waals surface area (Å²) in [6.45, 7) is 1.09. The summed E-state index contributed by atoms with van der Waals surface area (Å²) in [6, 6.07) is 16.2. The van der Waals surface area contributed by atoms with Crippen LogP contribution >= 0.6 is 22.9 Å². The molecular formula is C25H23ClN6O5S2. The number of anilines is 2. The van der Waals surface area contributed by atoms with Crippen molar-refractivity contribution in [3.63, 3.8) is 0 Å². The molecular weight excluding hydrogens is 564 g/mol. The van der Waals surface area contributed by atoms with Gasteiger partial charge in [-0.05, 0) is 67.1 Å². The number of rotatable bonds is 7. The second-order valence-corrected chi connectivity index (χ2v) is 12.2. The molecule has 1 aliphatic heterocycles. The predicted molar refractivity (Wildman–Crippen MR) is 148 cm³/mol. The maximum atomic E-state index is 12.3. The molecule has 0 aliphatic carbocycles. The second-order valence-electron chi connectivity index (χ2n) is 8.58. The minimum Gasteiger partial charge on any atom is -0.497 e. The lowest BCUT2D eigenvalue weighted by atomic mass is 10.0. The van der Waals surface area contributed by atoms with E-state index in [0.29, 0.717) is 35.3 Å². The van der Waals surface area contributed by atoms with Gasteiger partial charge >= 0.3 is 6.03 Å². The highest BCUT2D eigenvalue weighted by Crippen LogP contribution is 2.30. The van der Waals surface area contributed by atoms with Crippen LogP contribution in [-0.4, -0.2) is 43.8 Å². The third-order valence-electron chi connectivity index (χ3n) is 6.14. The van der Waals surface area contributed by atoms with Crippen LogP contribution in [0.15, 0.2) is 64.9 Å². The number of ether oxygens (including phenoxy) is 1. The molecule has 39 heavy (non-hydrogen) atoms. The van der Waals surface area contributed by atoms with Gasteiger partial charge in [-0.2, -0.15) is 5.10 Å². The fraction of sp³-hybridized carbons (Fsp3) is 0.160. The van der Waals surface area contributed by atoms with E-state index >= 15 is 0 Å². The molecule has 0 unspecified atom stereocenters. The van der Waals surface area contributed by atoms with Gasteiger partial charge in [-0.1, -0.05) is 11.6 Å². The van der Waals surface area contributed by atoms with Crippen LogP contribution in [0.3, 0.4) is 0 Å². The normalized spacial score (nSPS) is 13.0. The number of carbonyl (C=O) groups is 2. The number of hydrogen-bond donors (Lipinski definition) is 3. The Labute approximate surface area is 233 Å². The average Bonchev–Trinajstić information content (AvgIpc) is 3.53. The Balaban J connectivity index is 1.31. The number of carbonyl (C=O) groups excluding carboxylic acids is 2. The van der Waals surface area contributed by atoms with Crippen LogP contribution < -0.4 is 25.4 Å². The van der Waals surface area contributed by atoms with Gasteiger partial charge < -0.3 is 20.7 Å². The van der Waals surface area contributed by atoms with E-state index in [1.54, 1.807) is 23.9 Å². The quantitative estimate of drug-likeness (QED) is 0.298. The average molecular weight is 587 g/mol. The van der Waals surface area contributed by atoms with Gasteiger partial charge in [-0.3, -0.25) is 4.79 Å². The lowest BCUT2D eigenvalue weighted by molar-refractivity contribution is 0.0994. The fourth-order valence-electron chi connectivity index (χ4n) is 4.30. The second kappa shape index (κ2) is 10.6. The van der Waals surface area contributed by atoms with Gasteiger partial charge in [-0.25, -0.2) is 22.6 Å². The van der Waals surface area contributed by atoms with Gasteiger partial charge in [-0.15, -0.1) is 11.3 Å². The first kappa shape index (κ1) is 26.5. The first-order chi connectivity index (χ1) is 18.6. The monoisotopic (exact) mass is 586 g/mol. The highest BCUT2D eigenvalue weighted by atomic mass is 35.5. The van der Waals surface area contributed by atoms with Gasteiger partial charge in [0.25, 0.3) is 15.9 Å². The Morgan fingerprint density at radius 2 is 1.74 bits per heavy atom. The molecule has 0 spiro atoms. The Morgan fingerprint density at radius 3 is 2.36 bits per heavy atom. The highest BCUT2D eigenvalue weighted by molar-refractivity contribution is 7.92. The molecule has 2 aromatic heterocycles. The maximum absolute atomic E-state index is 12.3. The van der Waals surface area contributed by atoms with Crippen molar-refractivity contribution in [3.05, 3.63) is 82.0 Å². The Bertz CT molecular complexity index is 1650. The van der Waals surface area contributed by atoms with Crippen molar-refractivity contribution in [2.24, 2.45) is 5.73 Å². The highest BCUT2D eigenvalue weighted by Gasteiger charge is 2.28. The number of amides is 3. The first-order valence-corrected chi connectivity index (χ1v) is 14.3. The van der Waals surface area contributed by atoms with Crippen LogP contribution in [0.4, 0.5) is 16.2 Å². The molecule has 202 valence electrons. The van der Waals surface area contributed by atoms with Gasteiger partial charge in [0.2, 0.25) is 0 Å². The molecule has 1 aliphatic rings. The van der Waals surface area contributed by atoms with E-state index in [0.717, 1.165) is 34.0 Å². The maximum Gasteiger partial charge on any atom is 0.333 e. The number of sulfonamides is 1. The number of hydrogen-bond acceptors (Lipinski definition) is 8. The molecule has 0 saturated heterocycles. The van der Waals surface area contributed by atoms with Crippen molar-refractivity contribution in [2.45, 2.75) is 17.2 Å². The fourth-order valence-corrected chi connectivity index (χ4v) is 6.69. The summed E-state index contributed by atoms with van der Waals surface area (Å²) < 4.78 is 33.9. The van der Waals surface area contributed by atoms with Gasteiger partial charge in [0.05, 0.1) is 29.4 Å². The Morgan fingerprint density at radius 1 is 1.05 bits per heavy atom. The van der Waals surface area contributed by atoms with E-state index in [9.17, 15) is 18.0 Å². The van der Waals surface area contributed by atoms with E-state index in [-0.39, 0.29) is 9.90 Å². The van der Waals surface area contributed by atoms with Crippen LogP contribution in [-0.2, 0) is 23.0 Å². The molecule has 2 aromatic carbocycles. The van der Waals surface area contributed by atoms with Gasteiger partial charge in [0.15, 0.2) is 5.69 Å². The van der Waals surface area contributed by atoms with Crippen LogP contribution in [0.5, 0.6) is 5.75 Å². The topological polar surface area (TPSA) is 149 Å². The van der Waals surface area contributed by atoms with Crippen molar-refractivity contribution >= 4 is 56.3 Å². The molecule has 0 atom stereocenters. The number of nitrogens with zero attached hydrogens (tertiary/aromatic N) is 3. The molecule has 4 aromatic rings. The number of fused-ring (bicyclic) bond motifs is 1. The van der Waals surface area contributed by atoms with E-state index in [4.69, 9.17) is 22.1 Å². The van der Waals surface area contributed by atoms with Gasteiger partial charge in [0, 0.05) is 23.5 Å². The Kier molecular flexibility index (Phi) is 7.21. The molecule has 4 N–H and O–H groups in total. The van der Waals surface area contributed by atoms with Crippen molar-refractivity contribution in [1.82, 2.24) is 14.5 Å². The Hall–Kier alpha value is -4.07. The van der Waals surface area contributed by atoms with Crippen molar-refractivity contribution < 1.29 is 22.7 Å². The number of halogens is 1. The van der Waals surface area contributed by atoms with E-state index in [1.807, 2.05) is 41.1 Å². The molecule has 0 radical (unpaired) electrons. The number of methoxy groups -OCH3 is 1. The lowest BCUT2D eigenvalue weighted by Gasteiger charge is -2.30. The summed E-state index contributed by atoms with van der Waals surface area (Å²) in [5.41, 5.74) is 9.59. The number of urea groups is 1. The van der Waals surface area contributed by atoms with Crippen molar-refractivity contribution in [1.29, 1.82) is 0 Å². The minimum absolute atomic E-state index is 0.0594. The number of benzene rings is 2. The summed E-state index contributed by atoms with van der Waals surface area (Å²) in [4.78, 5) is 26.5. The number of nitrogens with two attached hydrogens (primary N) is 1. The largest absolute Gasteiger partial charge is 0.497 e. The number of aromatic nitrogens is 2. The lowest BCUT2D eigenvalue weighted by Crippen LogP contribution is -2.34. The van der Waals surface area contributed by atoms with Crippen molar-refractivity contribution in [2.75, 3.05) is 23.9 Å². The molecule has 5 rings (SSSR count). The zero-order chi connectivity index (χ0) is 27.7. The molecule has 3 heterocycles. The molecule has 14 heteroatoms. The van der Waals surface area contributed by atoms with Gasteiger partial charge in [0.1, 0.15) is 9.96 Å². The van der Waals surface area contributed by atoms with Crippen LogP contribution in [0.2, 0.25) is 4.34 Å². The van der Waals surface area contributed by atoms with Crippen LogP contribution in [0.1, 0.15) is 21.7 Å².